The van der Waals surface area contributed by atoms with E-state index in [1.165, 1.54) is 19.3 Å². The van der Waals surface area contributed by atoms with E-state index in [0.29, 0.717) is 18.3 Å². The van der Waals surface area contributed by atoms with Gasteiger partial charge in [0.2, 0.25) is 5.91 Å². The molecule has 3 N–H and O–H groups in total. The second-order valence-corrected chi connectivity index (χ2v) is 8.24. The second kappa shape index (κ2) is 4.27. The Balaban J connectivity index is 1.41. The third-order valence-corrected chi connectivity index (χ3v) is 6.74. The molecule has 0 spiro atoms. The fourth-order valence-corrected chi connectivity index (χ4v) is 6.23. The molecule has 5 nitrogen and oxygen atoms in total. The smallest absolute Gasteiger partial charge is 0.229 e. The number of nitrogens with one attached hydrogen (secondary N) is 1. The van der Waals surface area contributed by atoms with Crippen molar-refractivity contribution in [3.63, 3.8) is 0 Å². The number of nitrogen functional groups attached to an aromatic ring is 1. The first-order valence-corrected chi connectivity index (χ1v) is 8.74. The largest absolute Gasteiger partial charge is 0.382 e. The predicted molar refractivity (Wildman–Crippen MR) is 82.7 cm³/mol. The van der Waals surface area contributed by atoms with Gasteiger partial charge in [0, 0.05) is 12.1 Å². The van der Waals surface area contributed by atoms with Gasteiger partial charge >= 0.3 is 0 Å². The van der Waals surface area contributed by atoms with E-state index in [9.17, 15) is 4.79 Å². The normalized spacial score (nSPS) is 39.1. The number of aromatic nitrogens is 2. The van der Waals surface area contributed by atoms with Gasteiger partial charge < -0.3 is 10.6 Å². The molecular formula is C17H24N4O. The third-order valence-electron chi connectivity index (χ3n) is 6.74. The summed E-state index contributed by atoms with van der Waals surface area (Å²) in [5.41, 5.74) is 8.02. The molecule has 1 aromatic heterocycles. The van der Waals surface area contributed by atoms with Crippen LogP contribution in [0.25, 0.3) is 0 Å². The number of anilines is 1. The van der Waals surface area contributed by atoms with Crippen LogP contribution in [0.1, 0.15) is 49.8 Å². The SMILES string of the molecule is Nc1n[nH]c2c1CCN(C(=O)C13CC4CC(CC(C4)C1)C3)C2. The molecule has 0 radical (unpaired) electrons. The first-order chi connectivity index (χ1) is 10.6. The molecule has 0 saturated heterocycles. The number of rotatable bonds is 1. The number of aromatic amines is 1. The van der Waals surface area contributed by atoms with Crippen LogP contribution in [0.15, 0.2) is 0 Å². The molecule has 1 aromatic rings. The highest BCUT2D eigenvalue weighted by atomic mass is 16.2. The van der Waals surface area contributed by atoms with Crippen molar-refractivity contribution in [1.29, 1.82) is 0 Å². The summed E-state index contributed by atoms with van der Waals surface area (Å²) >= 11 is 0. The number of hydrogen-bond acceptors (Lipinski definition) is 3. The number of amides is 1. The van der Waals surface area contributed by atoms with Crippen LogP contribution in [0.3, 0.4) is 0 Å². The molecule has 6 rings (SSSR count). The monoisotopic (exact) mass is 300 g/mol. The summed E-state index contributed by atoms with van der Waals surface area (Å²) < 4.78 is 0. The summed E-state index contributed by atoms with van der Waals surface area (Å²) in [6, 6.07) is 0. The van der Waals surface area contributed by atoms with Crippen molar-refractivity contribution >= 4 is 11.7 Å². The summed E-state index contributed by atoms with van der Waals surface area (Å²) in [4.78, 5) is 15.4. The summed E-state index contributed by atoms with van der Waals surface area (Å²) in [6.45, 7) is 1.47. The minimum absolute atomic E-state index is 0.0299. The van der Waals surface area contributed by atoms with Gasteiger partial charge in [0.05, 0.1) is 17.7 Å². The number of fused-ring (bicyclic) bond motifs is 1. The topological polar surface area (TPSA) is 75.0 Å². The van der Waals surface area contributed by atoms with E-state index in [0.717, 1.165) is 61.2 Å². The molecule has 4 fully saturated rings. The number of nitrogens with zero attached hydrogens (tertiary/aromatic N) is 2. The Morgan fingerprint density at radius 1 is 1.18 bits per heavy atom. The first kappa shape index (κ1) is 13.0. The third kappa shape index (κ3) is 1.71. The Labute approximate surface area is 130 Å². The molecule has 0 atom stereocenters. The maximum atomic E-state index is 13.3. The molecule has 1 aliphatic heterocycles. The van der Waals surface area contributed by atoms with E-state index in [-0.39, 0.29) is 5.41 Å². The lowest BCUT2D eigenvalue weighted by Gasteiger charge is -2.56. The molecule has 22 heavy (non-hydrogen) atoms. The lowest BCUT2D eigenvalue weighted by molar-refractivity contribution is -0.158. The highest BCUT2D eigenvalue weighted by Gasteiger charge is 2.55. The zero-order valence-electron chi connectivity index (χ0n) is 13.0. The van der Waals surface area contributed by atoms with Crippen LogP contribution in [-0.2, 0) is 17.8 Å². The quantitative estimate of drug-likeness (QED) is 0.834. The van der Waals surface area contributed by atoms with E-state index < -0.39 is 0 Å². The molecule has 5 aliphatic rings. The average Bonchev–Trinajstić information content (AvgIpc) is 2.86. The van der Waals surface area contributed by atoms with Gasteiger partial charge in [-0.1, -0.05) is 0 Å². The standard InChI is InChI=1S/C17H24N4O/c18-15-13-1-2-21(9-14(13)19-20-15)16(22)17-6-10-3-11(7-17)5-12(4-10)8-17/h10-12H,1-9H2,(H3,18,19,20). The highest BCUT2D eigenvalue weighted by Crippen LogP contribution is 2.60. The van der Waals surface area contributed by atoms with Crippen molar-refractivity contribution in [2.24, 2.45) is 23.2 Å². The first-order valence-electron chi connectivity index (χ1n) is 8.74. The van der Waals surface area contributed by atoms with Crippen molar-refractivity contribution in [3.05, 3.63) is 11.3 Å². The van der Waals surface area contributed by atoms with Crippen LogP contribution in [-0.4, -0.2) is 27.5 Å². The number of carbonyl (C=O) groups excluding carboxylic acids is 1. The predicted octanol–water partition coefficient (Wildman–Crippen LogP) is 2.09. The van der Waals surface area contributed by atoms with Gasteiger partial charge in [-0.25, -0.2) is 0 Å². The lowest BCUT2D eigenvalue weighted by Crippen LogP contribution is -2.55. The van der Waals surface area contributed by atoms with Gasteiger partial charge in [0.25, 0.3) is 0 Å². The van der Waals surface area contributed by atoms with Crippen LogP contribution in [0.2, 0.25) is 0 Å². The van der Waals surface area contributed by atoms with Crippen LogP contribution in [0.5, 0.6) is 0 Å². The van der Waals surface area contributed by atoms with Gasteiger partial charge in [-0.2, -0.15) is 5.10 Å². The lowest BCUT2D eigenvalue weighted by atomic mass is 9.49. The zero-order valence-corrected chi connectivity index (χ0v) is 13.0. The average molecular weight is 300 g/mol. The summed E-state index contributed by atoms with van der Waals surface area (Å²) in [7, 11) is 0. The zero-order chi connectivity index (χ0) is 14.9. The van der Waals surface area contributed by atoms with Crippen LogP contribution in [0, 0.1) is 23.2 Å². The van der Waals surface area contributed by atoms with Crippen molar-refractivity contribution in [2.45, 2.75) is 51.5 Å². The Bertz CT molecular complexity index is 599. The fourth-order valence-electron chi connectivity index (χ4n) is 6.23. The fraction of sp³-hybridized carbons (Fsp3) is 0.765. The van der Waals surface area contributed by atoms with Crippen LogP contribution >= 0.6 is 0 Å². The van der Waals surface area contributed by atoms with E-state index >= 15 is 0 Å². The maximum Gasteiger partial charge on any atom is 0.229 e. The summed E-state index contributed by atoms with van der Waals surface area (Å²) in [6.07, 6.45) is 8.43. The molecule has 4 bridgehead atoms. The highest BCUT2D eigenvalue weighted by molar-refractivity contribution is 5.83. The number of H-pyrrole nitrogens is 1. The minimum Gasteiger partial charge on any atom is -0.382 e. The van der Waals surface area contributed by atoms with E-state index in [2.05, 4.69) is 15.1 Å². The van der Waals surface area contributed by atoms with Crippen molar-refractivity contribution < 1.29 is 4.79 Å². The molecule has 118 valence electrons. The summed E-state index contributed by atoms with van der Waals surface area (Å²) in [5.74, 6) is 3.48. The van der Waals surface area contributed by atoms with Gasteiger partial charge in [-0.15, -0.1) is 0 Å². The van der Waals surface area contributed by atoms with Crippen molar-refractivity contribution in [2.75, 3.05) is 12.3 Å². The van der Waals surface area contributed by atoms with Gasteiger partial charge in [-0.3, -0.25) is 9.89 Å². The molecule has 2 heterocycles. The minimum atomic E-state index is -0.0299. The Kier molecular flexibility index (Phi) is 2.52. The molecule has 0 aromatic carbocycles. The van der Waals surface area contributed by atoms with Crippen molar-refractivity contribution in [3.8, 4) is 0 Å². The second-order valence-electron chi connectivity index (χ2n) is 8.24. The van der Waals surface area contributed by atoms with Crippen molar-refractivity contribution in [1.82, 2.24) is 15.1 Å². The van der Waals surface area contributed by atoms with Crippen LogP contribution in [0.4, 0.5) is 5.82 Å². The van der Waals surface area contributed by atoms with E-state index in [1.54, 1.807) is 0 Å². The number of hydrogen-bond donors (Lipinski definition) is 2. The number of carbonyl (C=O) groups is 1. The summed E-state index contributed by atoms with van der Waals surface area (Å²) in [5, 5.41) is 7.11. The molecule has 1 amide bonds. The Morgan fingerprint density at radius 2 is 1.82 bits per heavy atom. The molecule has 5 heteroatoms. The molecule has 0 unspecified atom stereocenters. The number of nitrogens with two attached hydrogens (primary N) is 1. The Hall–Kier alpha value is -1.52. The van der Waals surface area contributed by atoms with Gasteiger partial charge in [0.15, 0.2) is 0 Å². The maximum absolute atomic E-state index is 13.3. The van der Waals surface area contributed by atoms with Crippen LogP contribution < -0.4 is 5.73 Å². The van der Waals surface area contributed by atoms with E-state index in [4.69, 9.17) is 5.73 Å². The van der Waals surface area contributed by atoms with Gasteiger partial charge in [-0.05, 0) is 62.7 Å². The Morgan fingerprint density at radius 3 is 2.45 bits per heavy atom. The molecule has 4 aliphatic carbocycles. The molecular weight excluding hydrogens is 276 g/mol. The van der Waals surface area contributed by atoms with Gasteiger partial charge in [0.1, 0.15) is 5.82 Å². The van der Waals surface area contributed by atoms with E-state index in [1.807, 2.05) is 0 Å². The molecule has 4 saturated carbocycles.